The van der Waals surface area contributed by atoms with Crippen molar-refractivity contribution in [2.45, 2.75) is 0 Å². The average Bonchev–Trinajstić information content (AvgIpc) is 0. The minimum atomic E-state index is 0. The maximum Gasteiger partial charge on any atom is 5.00 e. The van der Waals surface area contributed by atoms with Gasteiger partial charge in [-0.3, -0.25) is 0 Å². The van der Waals surface area contributed by atoms with Crippen LogP contribution in [0.1, 0.15) is 0 Å². The molecule has 203 valence electrons. The average molecular weight is 839 g/mol. The quantitative estimate of drug-likeness (QED) is 0.209. The van der Waals surface area contributed by atoms with Crippen molar-refractivity contribution >= 4 is 17.4 Å². The van der Waals surface area contributed by atoms with Crippen LogP contribution in [0, 0.1) is 0 Å². The molecule has 3 radical (unpaired) electrons. The van der Waals surface area contributed by atoms with E-state index in [2.05, 4.69) is 0 Å². The van der Waals surface area contributed by atoms with Crippen molar-refractivity contribution in [1.29, 1.82) is 0 Å². The largest absolute Gasteiger partial charge is 5.00 e. The Morgan fingerprint density at radius 2 is 0.310 bits per heavy atom. The number of hydrogen-bond acceptors (Lipinski definition) is 21. The van der Waals surface area contributed by atoms with Crippen LogP contribution in [-0.4, -0.2) is 132 Å². The van der Waals surface area contributed by atoms with Crippen molar-refractivity contribution < 1.29 is 240 Å². The van der Waals surface area contributed by atoms with Gasteiger partial charge in [0, 0.05) is 0 Å². The fraction of sp³-hybridized carbons (Fsp3) is 0. The van der Waals surface area contributed by atoms with Crippen LogP contribution in [0.25, 0.3) is 0 Å². The second-order valence-electron chi connectivity index (χ2n) is 0. The van der Waals surface area contributed by atoms with E-state index in [-0.39, 0.29) is 257 Å². The normalized spacial score (nSPS) is 0. The summed E-state index contributed by atoms with van der Waals surface area (Å²) in [6.45, 7) is 0. The standard InChI is InChI=1S/Al.Co.Cu.Fe.Ni.21H2O.Ru.V.Zn/h;;;;;21*1H2;;;/q+3;4*+2;;;;;;;;;;;;;;;;;;;;;;+3;+5;+2/p-21. The van der Waals surface area contributed by atoms with Gasteiger partial charge in [0.25, 0.3) is 0 Å². The van der Waals surface area contributed by atoms with Crippen molar-refractivity contribution in [3.05, 3.63) is 0 Å². The van der Waals surface area contributed by atoms with Crippen LogP contribution in [0.15, 0.2) is 0 Å². The van der Waals surface area contributed by atoms with Gasteiger partial charge in [0.2, 0.25) is 0 Å². The van der Waals surface area contributed by atoms with Gasteiger partial charge in [0.05, 0.1) is 0 Å². The van der Waals surface area contributed by atoms with Crippen LogP contribution in [-0.2, 0) is 125 Å². The van der Waals surface area contributed by atoms with E-state index in [9.17, 15) is 0 Å². The zero-order valence-corrected chi connectivity index (χ0v) is 24.1. The molecule has 21 nitrogen and oxygen atoms in total. The minimum absolute atomic E-state index is 0. The van der Waals surface area contributed by atoms with Crippen LogP contribution in [0.2, 0.25) is 0 Å². The minimum Gasteiger partial charge on any atom is -0.870 e. The summed E-state index contributed by atoms with van der Waals surface area (Å²) in [7, 11) is 0. The number of rotatable bonds is 0. The van der Waals surface area contributed by atoms with Gasteiger partial charge in [-0.25, -0.2) is 0 Å². The van der Waals surface area contributed by atoms with E-state index >= 15 is 0 Å². The Bertz CT molecular complexity index is 48.6. The van der Waals surface area contributed by atoms with Gasteiger partial charge in [-0.15, -0.1) is 0 Å². The monoisotopic (exact) mass is 837 g/mol. The van der Waals surface area contributed by atoms with Gasteiger partial charge in [-0.2, -0.15) is 0 Å². The van der Waals surface area contributed by atoms with Crippen molar-refractivity contribution in [2.75, 3.05) is 0 Å². The van der Waals surface area contributed by atoms with Gasteiger partial charge < -0.3 is 115 Å². The van der Waals surface area contributed by atoms with Crippen LogP contribution in [0.4, 0.5) is 0 Å². The molecule has 0 saturated heterocycles. The first-order valence-electron chi connectivity index (χ1n) is 0. The van der Waals surface area contributed by atoms with Crippen molar-refractivity contribution in [1.82, 2.24) is 0 Å². The van der Waals surface area contributed by atoms with Crippen molar-refractivity contribution in [3.63, 3.8) is 0 Å². The summed E-state index contributed by atoms with van der Waals surface area (Å²) >= 11 is 0. The fourth-order valence-corrected chi connectivity index (χ4v) is 0. The molecule has 0 aliphatic carbocycles. The molecule has 29 heteroatoms. The zero-order valence-electron chi connectivity index (χ0n) is 12.8. The Balaban J connectivity index is 0. The van der Waals surface area contributed by atoms with Crippen molar-refractivity contribution in [2.24, 2.45) is 0 Å². The molecule has 0 aromatic rings. The van der Waals surface area contributed by atoms with Crippen LogP contribution < -0.4 is 0 Å². The summed E-state index contributed by atoms with van der Waals surface area (Å²) in [6, 6.07) is 0. The SMILES string of the molecule is [Al+3].[Co+2].[Cu+2].[Fe+2].[Ni+2].[OH-].[OH-].[OH-].[OH-].[OH-].[OH-].[OH-].[OH-].[OH-].[OH-].[OH-].[OH-].[OH-].[OH-].[OH-].[OH-].[OH-].[OH-].[OH-].[OH-].[OH-].[Ru+3].[V+5].[Zn+2]. The van der Waals surface area contributed by atoms with E-state index in [1.54, 1.807) is 0 Å². The second kappa shape index (κ2) is 2320. The smallest absolute Gasteiger partial charge is 0.870 e. The Hall–Kier alpha value is 3.56. The van der Waals surface area contributed by atoms with Crippen LogP contribution in [0.3, 0.4) is 0 Å². The van der Waals surface area contributed by atoms with Gasteiger partial charge in [0.15, 0.2) is 0 Å². The maximum atomic E-state index is 0. The van der Waals surface area contributed by atoms with Crippen LogP contribution in [0.5, 0.6) is 0 Å². The molecule has 0 unspecified atom stereocenters. The van der Waals surface area contributed by atoms with E-state index in [1.165, 1.54) is 0 Å². The van der Waals surface area contributed by atoms with E-state index in [0.29, 0.717) is 0 Å². The first-order chi connectivity index (χ1) is 0. The van der Waals surface area contributed by atoms with Crippen molar-refractivity contribution in [3.8, 4) is 0 Å². The van der Waals surface area contributed by atoms with Gasteiger partial charge in [0.1, 0.15) is 0 Å². The third-order valence-electron chi connectivity index (χ3n) is 0. The summed E-state index contributed by atoms with van der Waals surface area (Å²) in [5, 5.41) is 0. The molecular weight excluding hydrogens is 817 g/mol. The van der Waals surface area contributed by atoms with Gasteiger partial charge in [-0.1, -0.05) is 0 Å². The third-order valence-corrected chi connectivity index (χ3v) is 0. The molecule has 0 aliphatic rings. The second-order valence-corrected chi connectivity index (χ2v) is 0. The summed E-state index contributed by atoms with van der Waals surface area (Å²) in [5.74, 6) is 0. The van der Waals surface area contributed by atoms with Gasteiger partial charge in [-0.05, 0) is 0 Å². The summed E-state index contributed by atoms with van der Waals surface area (Å²) in [6.07, 6.45) is 0. The molecule has 0 spiro atoms. The topological polar surface area (TPSA) is 630 Å². The molecule has 0 atom stereocenters. The molecule has 29 heavy (non-hydrogen) atoms. The van der Waals surface area contributed by atoms with E-state index in [4.69, 9.17) is 0 Å². The molecular formula is H21AlCoCuFeNiO21RuVZn. The molecule has 0 amide bonds. The van der Waals surface area contributed by atoms with E-state index < -0.39 is 0 Å². The molecule has 0 aliphatic heterocycles. The van der Waals surface area contributed by atoms with Crippen LogP contribution >= 0.6 is 0 Å². The Kier molecular flexibility index (Phi) is 205000. The van der Waals surface area contributed by atoms with Gasteiger partial charge >= 0.3 is 142 Å². The first-order valence-corrected chi connectivity index (χ1v) is 0. The Morgan fingerprint density at radius 3 is 0.310 bits per heavy atom. The zero-order chi connectivity index (χ0) is 0. The summed E-state index contributed by atoms with van der Waals surface area (Å²) in [4.78, 5) is 0. The molecule has 0 rings (SSSR count). The molecule has 0 saturated carbocycles. The molecule has 0 aromatic carbocycles. The molecule has 0 fully saturated rings. The summed E-state index contributed by atoms with van der Waals surface area (Å²) < 4.78 is 0. The number of hydrogen-bond donors (Lipinski definition) is 0. The first kappa shape index (κ1) is 2560. The van der Waals surface area contributed by atoms with E-state index in [1.807, 2.05) is 0 Å². The fourth-order valence-electron chi connectivity index (χ4n) is 0. The summed E-state index contributed by atoms with van der Waals surface area (Å²) in [5.41, 5.74) is 0. The molecule has 0 heterocycles. The Morgan fingerprint density at radius 1 is 0.310 bits per heavy atom. The molecule has 0 bridgehead atoms. The van der Waals surface area contributed by atoms with E-state index in [0.717, 1.165) is 0 Å². The third kappa shape index (κ3) is 2170. The molecule has 21 N–H and O–H groups in total. The Labute approximate surface area is 255 Å². The maximum absolute atomic E-state index is 0. The predicted octanol–water partition coefficient (Wildman–Crippen LogP) is -4.11. The predicted molar refractivity (Wildman–Crippen MR) is 46.4 cm³/mol. The molecule has 0 aromatic heterocycles.